The van der Waals surface area contributed by atoms with Gasteiger partial charge in [0, 0.05) is 13.0 Å². The summed E-state index contributed by atoms with van der Waals surface area (Å²) < 4.78 is 10.9. The molecular weight excluding hydrogens is 236 g/mol. The first-order chi connectivity index (χ1) is 8.66. The Hall–Kier alpha value is -1.43. The number of carboxylic acid groups (broad SMARTS) is 1. The molecule has 100 valence electrons. The second-order valence-corrected chi connectivity index (χ2v) is 4.54. The Morgan fingerprint density at radius 1 is 1.50 bits per heavy atom. The Labute approximate surface area is 105 Å². The van der Waals surface area contributed by atoms with Gasteiger partial charge in [0.15, 0.2) is 0 Å². The van der Waals surface area contributed by atoms with Crippen molar-refractivity contribution in [1.29, 1.82) is 0 Å². The highest BCUT2D eigenvalue weighted by atomic mass is 16.5. The highest BCUT2D eigenvalue weighted by Crippen LogP contribution is 2.40. The minimum Gasteiger partial charge on any atom is -0.481 e. The van der Waals surface area contributed by atoms with Gasteiger partial charge in [-0.3, -0.25) is 4.79 Å². The van der Waals surface area contributed by atoms with Gasteiger partial charge in [-0.05, 0) is 32.6 Å². The third-order valence-corrected chi connectivity index (χ3v) is 3.26. The van der Waals surface area contributed by atoms with Crippen LogP contribution in [0, 0.1) is 0 Å². The molecule has 1 saturated carbocycles. The van der Waals surface area contributed by atoms with Crippen LogP contribution in [-0.2, 0) is 21.6 Å². The average molecular weight is 254 g/mol. The van der Waals surface area contributed by atoms with Crippen LogP contribution in [0.3, 0.4) is 0 Å². The number of aryl methyl sites for hydroxylation is 1. The van der Waals surface area contributed by atoms with Crippen molar-refractivity contribution in [1.82, 2.24) is 10.1 Å². The molecule has 1 fully saturated rings. The molecule has 0 radical (unpaired) electrons. The van der Waals surface area contributed by atoms with E-state index >= 15 is 0 Å². The number of hydrogen-bond acceptors (Lipinski definition) is 5. The van der Waals surface area contributed by atoms with Crippen molar-refractivity contribution in [3.63, 3.8) is 0 Å². The summed E-state index contributed by atoms with van der Waals surface area (Å²) in [5.74, 6) is 0.0794. The van der Waals surface area contributed by atoms with Crippen molar-refractivity contribution >= 4 is 5.97 Å². The number of aromatic nitrogens is 2. The summed E-state index contributed by atoms with van der Waals surface area (Å²) in [7, 11) is 0. The topological polar surface area (TPSA) is 85.5 Å². The summed E-state index contributed by atoms with van der Waals surface area (Å²) in [5.41, 5.74) is -0.417. The van der Waals surface area contributed by atoms with E-state index in [0.29, 0.717) is 18.3 Å². The van der Waals surface area contributed by atoms with Crippen LogP contribution in [0.5, 0.6) is 0 Å². The Morgan fingerprint density at radius 3 is 2.83 bits per heavy atom. The van der Waals surface area contributed by atoms with Crippen LogP contribution in [-0.4, -0.2) is 27.8 Å². The molecule has 1 aliphatic rings. The minimum absolute atomic E-state index is 0.00324. The largest absolute Gasteiger partial charge is 0.481 e. The quantitative estimate of drug-likeness (QED) is 0.834. The second-order valence-electron chi connectivity index (χ2n) is 4.54. The molecule has 0 atom stereocenters. The highest BCUT2D eigenvalue weighted by molar-refractivity contribution is 5.66. The number of rotatable bonds is 6. The number of nitrogens with zero attached hydrogens (tertiary/aromatic N) is 2. The van der Waals surface area contributed by atoms with Crippen molar-refractivity contribution in [2.24, 2.45) is 0 Å². The van der Waals surface area contributed by atoms with Gasteiger partial charge in [-0.1, -0.05) is 5.16 Å². The summed E-state index contributed by atoms with van der Waals surface area (Å²) in [6.07, 6.45) is 4.27. The number of hydrogen-bond donors (Lipinski definition) is 1. The Balaban J connectivity index is 2.09. The zero-order chi connectivity index (χ0) is 13.0. The zero-order valence-electron chi connectivity index (χ0n) is 10.5. The zero-order valence-corrected chi connectivity index (χ0v) is 10.5. The molecule has 0 spiro atoms. The van der Waals surface area contributed by atoms with Gasteiger partial charge in [0.2, 0.25) is 11.7 Å². The van der Waals surface area contributed by atoms with Crippen LogP contribution in [0.25, 0.3) is 0 Å². The molecule has 18 heavy (non-hydrogen) atoms. The van der Waals surface area contributed by atoms with Gasteiger partial charge >= 0.3 is 5.97 Å². The molecule has 0 aromatic carbocycles. The highest BCUT2D eigenvalue weighted by Gasteiger charge is 2.40. The monoisotopic (exact) mass is 254 g/mol. The van der Waals surface area contributed by atoms with Crippen LogP contribution < -0.4 is 0 Å². The molecule has 6 nitrogen and oxygen atoms in total. The van der Waals surface area contributed by atoms with E-state index in [1.807, 2.05) is 6.92 Å². The lowest BCUT2D eigenvalue weighted by Crippen LogP contribution is -2.27. The van der Waals surface area contributed by atoms with Crippen molar-refractivity contribution in [3.8, 4) is 0 Å². The summed E-state index contributed by atoms with van der Waals surface area (Å²) in [4.78, 5) is 14.8. The smallest absolute Gasteiger partial charge is 0.303 e. The second kappa shape index (κ2) is 5.48. The summed E-state index contributed by atoms with van der Waals surface area (Å²) >= 11 is 0. The molecule has 2 rings (SSSR count). The standard InChI is InChI=1S/C12H18N2O4/c1-2-17-12(7-3-4-8-12)11-13-9(18-14-11)5-6-10(15)16/h2-8H2,1H3,(H,15,16). The molecular formula is C12H18N2O4. The molecule has 1 aromatic heterocycles. The van der Waals surface area contributed by atoms with Gasteiger partial charge in [0.1, 0.15) is 5.60 Å². The maximum Gasteiger partial charge on any atom is 0.303 e. The first kappa shape index (κ1) is 13.0. The first-order valence-electron chi connectivity index (χ1n) is 6.35. The summed E-state index contributed by atoms with van der Waals surface area (Å²) in [5, 5.41) is 12.6. The molecule has 0 saturated heterocycles. The molecule has 0 amide bonds. The lowest BCUT2D eigenvalue weighted by atomic mass is 10.0. The van der Waals surface area contributed by atoms with E-state index in [0.717, 1.165) is 25.7 Å². The minimum atomic E-state index is -0.866. The van der Waals surface area contributed by atoms with Gasteiger partial charge in [-0.2, -0.15) is 4.98 Å². The van der Waals surface area contributed by atoms with E-state index in [1.165, 1.54) is 0 Å². The van der Waals surface area contributed by atoms with Gasteiger partial charge in [0.05, 0.1) is 6.42 Å². The molecule has 0 unspecified atom stereocenters. The summed E-state index contributed by atoms with van der Waals surface area (Å²) in [6, 6.07) is 0. The Morgan fingerprint density at radius 2 is 2.22 bits per heavy atom. The van der Waals surface area contributed by atoms with Crippen molar-refractivity contribution in [2.45, 2.75) is 51.0 Å². The van der Waals surface area contributed by atoms with E-state index in [-0.39, 0.29) is 12.8 Å². The van der Waals surface area contributed by atoms with Gasteiger partial charge in [0.25, 0.3) is 0 Å². The Bertz CT molecular complexity index is 410. The van der Waals surface area contributed by atoms with Crippen LogP contribution >= 0.6 is 0 Å². The van der Waals surface area contributed by atoms with Gasteiger partial charge in [-0.25, -0.2) is 0 Å². The van der Waals surface area contributed by atoms with E-state index in [2.05, 4.69) is 10.1 Å². The van der Waals surface area contributed by atoms with Crippen LogP contribution in [0.4, 0.5) is 0 Å². The predicted molar refractivity (Wildman–Crippen MR) is 62.0 cm³/mol. The van der Waals surface area contributed by atoms with Gasteiger partial charge in [-0.15, -0.1) is 0 Å². The van der Waals surface area contributed by atoms with Crippen molar-refractivity contribution in [2.75, 3.05) is 6.61 Å². The molecule has 0 aliphatic heterocycles. The molecule has 1 heterocycles. The number of ether oxygens (including phenoxy) is 1. The molecule has 6 heteroatoms. The normalized spacial score (nSPS) is 18.1. The Kier molecular flexibility index (Phi) is 3.96. The van der Waals surface area contributed by atoms with Gasteiger partial charge < -0.3 is 14.4 Å². The number of aliphatic carboxylic acids is 1. The fourth-order valence-electron chi connectivity index (χ4n) is 2.41. The van der Waals surface area contributed by atoms with E-state index in [4.69, 9.17) is 14.4 Å². The van der Waals surface area contributed by atoms with E-state index in [1.54, 1.807) is 0 Å². The maximum absolute atomic E-state index is 10.5. The van der Waals surface area contributed by atoms with E-state index in [9.17, 15) is 4.79 Å². The first-order valence-corrected chi connectivity index (χ1v) is 6.35. The number of carbonyl (C=O) groups is 1. The van der Waals surface area contributed by atoms with Crippen LogP contribution in [0.1, 0.15) is 50.7 Å². The average Bonchev–Trinajstić information content (AvgIpc) is 2.95. The number of carboxylic acids is 1. The lowest BCUT2D eigenvalue weighted by Gasteiger charge is -2.24. The SMILES string of the molecule is CCOC1(c2noc(CCC(=O)O)n2)CCCC1. The fourth-order valence-corrected chi connectivity index (χ4v) is 2.41. The predicted octanol–water partition coefficient (Wildman–Crippen LogP) is 1.89. The molecule has 1 aromatic rings. The third kappa shape index (κ3) is 2.69. The maximum atomic E-state index is 10.5. The molecule has 1 aliphatic carbocycles. The molecule has 1 N–H and O–H groups in total. The van der Waals surface area contributed by atoms with Crippen molar-refractivity contribution in [3.05, 3.63) is 11.7 Å². The van der Waals surface area contributed by atoms with E-state index < -0.39 is 11.6 Å². The lowest BCUT2D eigenvalue weighted by molar-refractivity contribution is -0.137. The van der Waals surface area contributed by atoms with Crippen LogP contribution in [0.2, 0.25) is 0 Å². The van der Waals surface area contributed by atoms with Crippen molar-refractivity contribution < 1.29 is 19.2 Å². The molecule has 0 bridgehead atoms. The van der Waals surface area contributed by atoms with Crippen LogP contribution in [0.15, 0.2) is 4.52 Å². The third-order valence-electron chi connectivity index (χ3n) is 3.26. The summed E-state index contributed by atoms with van der Waals surface area (Å²) in [6.45, 7) is 2.56. The fraction of sp³-hybridized carbons (Fsp3) is 0.750.